The summed E-state index contributed by atoms with van der Waals surface area (Å²) in [5, 5.41) is 3.67. The van der Waals surface area contributed by atoms with E-state index in [1.807, 2.05) is 11.8 Å². The number of hydrogen-bond acceptors (Lipinski definition) is 3. The SMILES string of the molecule is COC1CC(C)C(=O)N1C1CC(C)(C)NC(C)(C)C1. The molecule has 110 valence electrons. The van der Waals surface area contributed by atoms with E-state index in [4.69, 9.17) is 4.74 Å². The Kier molecular flexibility index (Phi) is 3.69. The van der Waals surface area contributed by atoms with Crippen molar-refractivity contribution >= 4 is 5.91 Å². The fourth-order valence-corrected chi connectivity index (χ4v) is 4.00. The molecule has 2 heterocycles. The molecule has 4 heteroatoms. The number of piperidine rings is 1. The fraction of sp³-hybridized carbons (Fsp3) is 0.933. The van der Waals surface area contributed by atoms with E-state index < -0.39 is 0 Å². The van der Waals surface area contributed by atoms with Gasteiger partial charge in [0.1, 0.15) is 6.23 Å². The first-order chi connectivity index (χ1) is 8.65. The fourth-order valence-electron chi connectivity index (χ4n) is 4.00. The normalized spacial score (nSPS) is 34.8. The first-order valence-electron chi connectivity index (χ1n) is 7.29. The van der Waals surface area contributed by atoms with Crippen LogP contribution in [0.5, 0.6) is 0 Å². The second-order valence-electron chi connectivity index (χ2n) is 7.53. The number of hydrogen-bond donors (Lipinski definition) is 1. The van der Waals surface area contributed by atoms with Crippen LogP contribution in [-0.2, 0) is 9.53 Å². The Morgan fingerprint density at radius 1 is 1.21 bits per heavy atom. The first-order valence-corrected chi connectivity index (χ1v) is 7.29. The molecule has 0 aromatic carbocycles. The van der Waals surface area contributed by atoms with Gasteiger partial charge < -0.3 is 15.0 Å². The molecule has 2 aliphatic heterocycles. The summed E-state index contributed by atoms with van der Waals surface area (Å²) >= 11 is 0. The van der Waals surface area contributed by atoms with Gasteiger partial charge in [0.15, 0.2) is 0 Å². The zero-order valence-corrected chi connectivity index (χ0v) is 13.1. The van der Waals surface area contributed by atoms with Gasteiger partial charge in [-0.05, 0) is 40.5 Å². The molecule has 1 N–H and O–H groups in total. The minimum atomic E-state index is -0.0443. The van der Waals surface area contributed by atoms with Crippen LogP contribution in [0.3, 0.4) is 0 Å². The largest absolute Gasteiger partial charge is 0.361 e. The van der Waals surface area contributed by atoms with Crippen molar-refractivity contribution in [3.8, 4) is 0 Å². The van der Waals surface area contributed by atoms with E-state index in [0.717, 1.165) is 19.3 Å². The Hall–Kier alpha value is -0.610. The molecule has 2 atom stereocenters. The first kappa shape index (κ1) is 14.8. The summed E-state index contributed by atoms with van der Waals surface area (Å²) < 4.78 is 5.54. The van der Waals surface area contributed by atoms with Crippen molar-refractivity contribution < 1.29 is 9.53 Å². The highest BCUT2D eigenvalue weighted by atomic mass is 16.5. The van der Waals surface area contributed by atoms with Gasteiger partial charge in [-0.2, -0.15) is 0 Å². The van der Waals surface area contributed by atoms with Gasteiger partial charge in [0.25, 0.3) is 0 Å². The Balaban J connectivity index is 2.22. The zero-order valence-electron chi connectivity index (χ0n) is 13.1. The number of carbonyl (C=O) groups is 1. The molecule has 4 nitrogen and oxygen atoms in total. The van der Waals surface area contributed by atoms with Crippen molar-refractivity contribution in [2.45, 2.75) is 77.2 Å². The molecular weight excluding hydrogens is 240 g/mol. The molecule has 0 aliphatic carbocycles. The molecular formula is C15H28N2O2. The smallest absolute Gasteiger partial charge is 0.227 e. The maximum absolute atomic E-state index is 12.4. The lowest BCUT2D eigenvalue weighted by Gasteiger charge is -2.49. The summed E-state index contributed by atoms with van der Waals surface area (Å²) in [6, 6.07) is 0.272. The van der Waals surface area contributed by atoms with Crippen molar-refractivity contribution in [1.82, 2.24) is 10.2 Å². The summed E-state index contributed by atoms with van der Waals surface area (Å²) in [5.41, 5.74) is 0.105. The van der Waals surface area contributed by atoms with E-state index in [1.165, 1.54) is 0 Å². The third-order valence-electron chi connectivity index (χ3n) is 4.38. The van der Waals surface area contributed by atoms with Gasteiger partial charge in [-0.1, -0.05) is 6.92 Å². The van der Waals surface area contributed by atoms with Crippen LogP contribution in [0, 0.1) is 5.92 Å². The minimum absolute atomic E-state index is 0.0443. The van der Waals surface area contributed by atoms with Crippen LogP contribution < -0.4 is 5.32 Å². The van der Waals surface area contributed by atoms with Crippen molar-refractivity contribution in [1.29, 1.82) is 0 Å². The number of carbonyl (C=O) groups excluding carboxylic acids is 1. The number of methoxy groups -OCH3 is 1. The van der Waals surface area contributed by atoms with E-state index in [-0.39, 0.29) is 35.2 Å². The molecule has 0 aromatic rings. The summed E-state index contributed by atoms with van der Waals surface area (Å²) in [6.45, 7) is 10.9. The van der Waals surface area contributed by atoms with E-state index in [0.29, 0.717) is 0 Å². The highest BCUT2D eigenvalue weighted by Crippen LogP contribution is 2.36. The molecule has 0 spiro atoms. The number of amides is 1. The number of ether oxygens (including phenoxy) is 1. The second kappa shape index (κ2) is 4.74. The van der Waals surface area contributed by atoms with Crippen LogP contribution in [0.25, 0.3) is 0 Å². The van der Waals surface area contributed by atoms with Crippen LogP contribution >= 0.6 is 0 Å². The van der Waals surface area contributed by atoms with Crippen LogP contribution in [0.15, 0.2) is 0 Å². The van der Waals surface area contributed by atoms with Crippen molar-refractivity contribution in [3.05, 3.63) is 0 Å². The molecule has 0 radical (unpaired) electrons. The van der Waals surface area contributed by atoms with E-state index in [9.17, 15) is 4.79 Å². The van der Waals surface area contributed by atoms with Gasteiger partial charge >= 0.3 is 0 Å². The minimum Gasteiger partial charge on any atom is -0.361 e. The lowest BCUT2D eigenvalue weighted by Crippen LogP contribution is -2.63. The van der Waals surface area contributed by atoms with Crippen molar-refractivity contribution in [2.75, 3.05) is 7.11 Å². The molecule has 2 saturated heterocycles. The average molecular weight is 268 g/mol. The van der Waals surface area contributed by atoms with Crippen LogP contribution in [0.2, 0.25) is 0 Å². The van der Waals surface area contributed by atoms with Crippen molar-refractivity contribution in [2.24, 2.45) is 5.92 Å². The van der Waals surface area contributed by atoms with E-state index >= 15 is 0 Å². The molecule has 0 aromatic heterocycles. The van der Waals surface area contributed by atoms with Gasteiger partial charge in [-0.3, -0.25) is 4.79 Å². The average Bonchev–Trinajstić information content (AvgIpc) is 2.50. The summed E-state index contributed by atoms with van der Waals surface area (Å²) in [4.78, 5) is 14.4. The summed E-state index contributed by atoms with van der Waals surface area (Å²) in [6.07, 6.45) is 2.74. The van der Waals surface area contributed by atoms with Crippen LogP contribution in [0.1, 0.15) is 53.9 Å². The molecule has 2 fully saturated rings. The monoisotopic (exact) mass is 268 g/mol. The maximum Gasteiger partial charge on any atom is 0.227 e. The number of nitrogens with zero attached hydrogens (tertiary/aromatic N) is 1. The second-order valence-corrected chi connectivity index (χ2v) is 7.53. The topological polar surface area (TPSA) is 41.6 Å². The Labute approximate surface area is 116 Å². The third-order valence-corrected chi connectivity index (χ3v) is 4.38. The molecule has 0 saturated carbocycles. The van der Waals surface area contributed by atoms with Gasteiger partial charge in [-0.25, -0.2) is 0 Å². The van der Waals surface area contributed by atoms with E-state index in [2.05, 4.69) is 33.0 Å². The molecule has 2 rings (SSSR count). The van der Waals surface area contributed by atoms with Crippen molar-refractivity contribution in [3.63, 3.8) is 0 Å². The highest BCUT2D eigenvalue weighted by molar-refractivity contribution is 5.81. The van der Waals surface area contributed by atoms with Gasteiger partial charge in [0, 0.05) is 36.6 Å². The number of rotatable bonds is 2. The van der Waals surface area contributed by atoms with Crippen LogP contribution in [0.4, 0.5) is 0 Å². The molecule has 19 heavy (non-hydrogen) atoms. The van der Waals surface area contributed by atoms with Gasteiger partial charge in [0.2, 0.25) is 5.91 Å². The van der Waals surface area contributed by atoms with Crippen LogP contribution in [-0.4, -0.2) is 41.3 Å². The zero-order chi connectivity index (χ0) is 14.4. The molecule has 0 bridgehead atoms. The lowest BCUT2D eigenvalue weighted by molar-refractivity contribution is -0.143. The summed E-state index contributed by atoms with van der Waals surface area (Å²) in [7, 11) is 1.71. The number of nitrogens with one attached hydrogen (secondary N) is 1. The molecule has 2 unspecified atom stereocenters. The third kappa shape index (κ3) is 2.95. The molecule has 1 amide bonds. The van der Waals surface area contributed by atoms with E-state index in [1.54, 1.807) is 7.11 Å². The lowest BCUT2D eigenvalue weighted by atomic mass is 9.79. The number of likely N-dealkylation sites (tertiary alicyclic amines) is 1. The highest BCUT2D eigenvalue weighted by Gasteiger charge is 2.47. The predicted octanol–water partition coefficient (Wildman–Crippen LogP) is 2.14. The Morgan fingerprint density at radius 3 is 2.21 bits per heavy atom. The molecule has 2 aliphatic rings. The standard InChI is InChI=1S/C15H28N2O2/c1-10-7-12(19-6)17(13(10)18)11-8-14(2,3)16-15(4,5)9-11/h10-12,16H,7-9H2,1-6H3. The quantitative estimate of drug-likeness (QED) is 0.834. The Bertz CT molecular complexity index is 349. The van der Waals surface area contributed by atoms with Gasteiger partial charge in [0.05, 0.1) is 0 Å². The predicted molar refractivity (Wildman–Crippen MR) is 75.7 cm³/mol. The summed E-state index contributed by atoms with van der Waals surface area (Å²) in [5.74, 6) is 0.344. The Morgan fingerprint density at radius 2 is 1.74 bits per heavy atom. The maximum atomic E-state index is 12.4. The van der Waals surface area contributed by atoms with Gasteiger partial charge in [-0.15, -0.1) is 0 Å².